The molecule has 0 aliphatic heterocycles. The molecule has 20 heavy (non-hydrogen) atoms. The van der Waals surface area contributed by atoms with E-state index in [9.17, 15) is 4.79 Å². The van der Waals surface area contributed by atoms with Crippen molar-refractivity contribution in [2.24, 2.45) is 0 Å². The number of carbonyl (C=O) groups is 1. The predicted molar refractivity (Wildman–Crippen MR) is 86.4 cm³/mol. The molecule has 0 radical (unpaired) electrons. The molecule has 2 rings (SSSR count). The third-order valence-electron chi connectivity index (χ3n) is 3.09. The van der Waals surface area contributed by atoms with Gasteiger partial charge in [-0.2, -0.15) is 0 Å². The van der Waals surface area contributed by atoms with Crippen LogP contribution in [0.1, 0.15) is 16.7 Å². The molecule has 2 aromatic heterocycles. The zero-order chi connectivity index (χ0) is 14.5. The molecule has 0 saturated heterocycles. The molecule has 2 aromatic rings. The van der Waals surface area contributed by atoms with Crippen molar-refractivity contribution >= 4 is 40.2 Å². The molecule has 1 amide bonds. The van der Waals surface area contributed by atoms with Crippen molar-refractivity contribution in [2.75, 3.05) is 7.05 Å². The summed E-state index contributed by atoms with van der Waals surface area (Å²) in [7, 11) is 1.95. The summed E-state index contributed by atoms with van der Waals surface area (Å²) in [6, 6.07) is 7.72. The number of hydrogen-bond donors (Lipinski definition) is 1. The van der Waals surface area contributed by atoms with Gasteiger partial charge in [-0.1, -0.05) is 17.7 Å². The van der Waals surface area contributed by atoms with Gasteiger partial charge in [-0.25, -0.2) is 0 Å². The Bertz CT molecular complexity index is 553. The Morgan fingerprint density at radius 1 is 1.40 bits per heavy atom. The fraction of sp³-hybridized carbons (Fsp3) is 0.357. The Balaban J connectivity index is 1.82. The Hall–Kier alpha value is -0.880. The molecule has 0 aliphatic rings. The smallest absolute Gasteiger partial charge is 0.237 e. The monoisotopic (exact) mass is 328 g/mol. The summed E-state index contributed by atoms with van der Waals surface area (Å²) in [6.07, 6.45) is 0. The number of thiophene rings is 2. The summed E-state index contributed by atoms with van der Waals surface area (Å²) in [6.45, 7) is 3.24. The zero-order valence-electron chi connectivity index (χ0n) is 11.4. The Kier molecular flexibility index (Phi) is 5.60. The van der Waals surface area contributed by atoms with Crippen LogP contribution in [0.25, 0.3) is 0 Å². The molecule has 0 aliphatic carbocycles. The van der Waals surface area contributed by atoms with E-state index in [1.54, 1.807) is 22.7 Å². The molecule has 6 heteroatoms. The lowest BCUT2D eigenvalue weighted by Gasteiger charge is -2.23. The highest BCUT2D eigenvalue weighted by atomic mass is 35.5. The topological polar surface area (TPSA) is 32.3 Å². The minimum absolute atomic E-state index is 0.0450. The normalized spacial score (nSPS) is 12.6. The summed E-state index contributed by atoms with van der Waals surface area (Å²) in [5, 5.41) is 4.98. The van der Waals surface area contributed by atoms with Crippen molar-refractivity contribution in [1.82, 2.24) is 10.2 Å². The van der Waals surface area contributed by atoms with Crippen LogP contribution in [0.15, 0.2) is 29.6 Å². The quantitative estimate of drug-likeness (QED) is 0.878. The first-order chi connectivity index (χ1) is 9.56. The molecule has 0 aromatic carbocycles. The number of carbonyl (C=O) groups excluding carboxylic acids is 1. The SMILES string of the molecule is CC(C(=O)NCc1cccs1)N(C)Cc1ccc(Cl)s1. The van der Waals surface area contributed by atoms with Gasteiger partial charge in [0, 0.05) is 16.3 Å². The van der Waals surface area contributed by atoms with Crippen LogP contribution in [0.4, 0.5) is 0 Å². The van der Waals surface area contributed by atoms with Crippen molar-refractivity contribution in [1.29, 1.82) is 0 Å². The first-order valence-electron chi connectivity index (χ1n) is 6.31. The van der Waals surface area contributed by atoms with E-state index in [0.717, 1.165) is 15.8 Å². The molecule has 0 bridgehead atoms. The summed E-state index contributed by atoms with van der Waals surface area (Å²) >= 11 is 9.11. The summed E-state index contributed by atoms with van der Waals surface area (Å²) in [5.74, 6) is 0.0450. The van der Waals surface area contributed by atoms with Crippen molar-refractivity contribution in [2.45, 2.75) is 26.1 Å². The largest absolute Gasteiger partial charge is 0.350 e. The van der Waals surface area contributed by atoms with Gasteiger partial charge >= 0.3 is 0 Å². The van der Waals surface area contributed by atoms with Crippen molar-refractivity contribution in [3.63, 3.8) is 0 Å². The molecule has 108 valence electrons. The van der Waals surface area contributed by atoms with Crippen molar-refractivity contribution in [3.05, 3.63) is 43.7 Å². The van der Waals surface area contributed by atoms with Gasteiger partial charge in [0.25, 0.3) is 0 Å². The summed E-state index contributed by atoms with van der Waals surface area (Å²) in [4.78, 5) is 16.5. The maximum atomic E-state index is 12.1. The lowest BCUT2D eigenvalue weighted by molar-refractivity contribution is -0.125. The maximum Gasteiger partial charge on any atom is 0.237 e. The first-order valence-corrected chi connectivity index (χ1v) is 8.38. The van der Waals surface area contributed by atoms with Gasteiger partial charge in [-0.05, 0) is 37.6 Å². The molecule has 0 spiro atoms. The second-order valence-corrected chi connectivity index (χ2v) is 7.43. The van der Waals surface area contributed by atoms with E-state index >= 15 is 0 Å². The lowest BCUT2D eigenvalue weighted by Crippen LogP contribution is -2.42. The first kappa shape index (κ1) is 15.5. The van der Waals surface area contributed by atoms with E-state index in [1.807, 2.05) is 48.5 Å². The maximum absolute atomic E-state index is 12.1. The van der Waals surface area contributed by atoms with Crippen molar-refractivity contribution < 1.29 is 4.79 Å². The minimum Gasteiger partial charge on any atom is -0.350 e. The number of hydrogen-bond acceptors (Lipinski definition) is 4. The van der Waals surface area contributed by atoms with Gasteiger partial charge in [-0.15, -0.1) is 22.7 Å². The van der Waals surface area contributed by atoms with Crippen LogP contribution in [0.2, 0.25) is 4.34 Å². The Labute approximate surface area is 132 Å². The second kappa shape index (κ2) is 7.22. The zero-order valence-corrected chi connectivity index (χ0v) is 13.8. The number of halogens is 1. The number of rotatable bonds is 6. The van der Waals surface area contributed by atoms with E-state index in [1.165, 1.54) is 4.88 Å². The third-order valence-corrected chi connectivity index (χ3v) is 5.18. The van der Waals surface area contributed by atoms with E-state index in [0.29, 0.717) is 6.54 Å². The second-order valence-electron chi connectivity index (χ2n) is 4.59. The van der Waals surface area contributed by atoms with Gasteiger partial charge in [0.1, 0.15) is 0 Å². The lowest BCUT2D eigenvalue weighted by atomic mass is 10.2. The summed E-state index contributed by atoms with van der Waals surface area (Å²) < 4.78 is 0.781. The van der Waals surface area contributed by atoms with Crippen LogP contribution in [-0.4, -0.2) is 23.9 Å². The minimum atomic E-state index is -0.171. The van der Waals surface area contributed by atoms with Gasteiger partial charge < -0.3 is 5.32 Å². The molecule has 1 unspecified atom stereocenters. The van der Waals surface area contributed by atoms with Crippen LogP contribution < -0.4 is 5.32 Å². The molecule has 3 nitrogen and oxygen atoms in total. The number of nitrogens with zero attached hydrogens (tertiary/aromatic N) is 1. The van der Waals surface area contributed by atoms with E-state index < -0.39 is 0 Å². The average Bonchev–Trinajstić information content (AvgIpc) is 3.06. The third kappa shape index (κ3) is 4.31. The van der Waals surface area contributed by atoms with Gasteiger partial charge in [0.05, 0.1) is 16.9 Å². The van der Waals surface area contributed by atoms with Crippen LogP contribution in [0.5, 0.6) is 0 Å². The molecule has 1 N–H and O–H groups in total. The van der Waals surface area contributed by atoms with Crippen LogP contribution in [0.3, 0.4) is 0 Å². The van der Waals surface area contributed by atoms with Gasteiger partial charge in [-0.3, -0.25) is 9.69 Å². The van der Waals surface area contributed by atoms with E-state index in [4.69, 9.17) is 11.6 Å². The highest BCUT2D eigenvalue weighted by molar-refractivity contribution is 7.16. The average molecular weight is 329 g/mol. The van der Waals surface area contributed by atoms with Gasteiger partial charge in [0.2, 0.25) is 5.91 Å². The number of likely N-dealkylation sites (N-methyl/N-ethyl adjacent to an activating group) is 1. The molecular formula is C14H17ClN2OS2. The van der Waals surface area contributed by atoms with Crippen LogP contribution >= 0.6 is 34.3 Å². The highest BCUT2D eigenvalue weighted by Crippen LogP contribution is 2.22. The van der Waals surface area contributed by atoms with Crippen LogP contribution in [0, 0.1) is 0 Å². The highest BCUT2D eigenvalue weighted by Gasteiger charge is 2.18. The Morgan fingerprint density at radius 2 is 2.20 bits per heavy atom. The fourth-order valence-corrected chi connectivity index (χ4v) is 3.55. The molecular weight excluding hydrogens is 312 g/mol. The molecule has 0 fully saturated rings. The molecule has 2 heterocycles. The predicted octanol–water partition coefficient (Wildman–Crippen LogP) is 3.60. The van der Waals surface area contributed by atoms with Crippen molar-refractivity contribution in [3.8, 4) is 0 Å². The van der Waals surface area contributed by atoms with E-state index in [-0.39, 0.29) is 11.9 Å². The Morgan fingerprint density at radius 3 is 2.80 bits per heavy atom. The van der Waals surface area contributed by atoms with Gasteiger partial charge in [0.15, 0.2) is 0 Å². The van der Waals surface area contributed by atoms with Crippen LogP contribution in [-0.2, 0) is 17.9 Å². The number of amides is 1. The fourth-order valence-electron chi connectivity index (χ4n) is 1.75. The van der Waals surface area contributed by atoms with E-state index in [2.05, 4.69) is 5.32 Å². The summed E-state index contributed by atoms with van der Waals surface area (Å²) in [5.41, 5.74) is 0. The molecule has 0 saturated carbocycles. The standard InChI is InChI=1S/C14H17ClN2OS2/c1-10(14(18)16-8-11-4-3-7-19-11)17(2)9-12-5-6-13(15)20-12/h3-7,10H,8-9H2,1-2H3,(H,16,18). The molecule has 1 atom stereocenters. The number of nitrogens with one attached hydrogen (secondary N) is 1.